The minimum absolute atomic E-state index is 0.0160. The molecular weight excluding hydrogens is 338 g/mol. The van der Waals surface area contributed by atoms with Gasteiger partial charge in [0.2, 0.25) is 0 Å². The monoisotopic (exact) mass is 365 g/mol. The van der Waals surface area contributed by atoms with Crippen LogP contribution in [0.3, 0.4) is 0 Å². The maximum absolute atomic E-state index is 12.2. The molecule has 6 nitrogen and oxygen atoms in total. The van der Waals surface area contributed by atoms with Crippen LogP contribution in [0.5, 0.6) is 0 Å². The number of aliphatic imine (C=N–C) groups is 1. The lowest BCUT2D eigenvalue weighted by Crippen LogP contribution is -2.47. The molecule has 0 saturated carbocycles. The van der Waals surface area contributed by atoms with Crippen LogP contribution >= 0.6 is 0 Å². The second-order valence-corrected chi connectivity index (χ2v) is 7.61. The summed E-state index contributed by atoms with van der Waals surface area (Å²) in [5, 5.41) is 3.28. The Bertz CT molecular complexity index is 599. The van der Waals surface area contributed by atoms with E-state index in [1.807, 2.05) is 30.3 Å². The second kappa shape index (κ2) is 10.2. The van der Waals surface area contributed by atoms with Crippen LogP contribution in [-0.4, -0.2) is 60.6 Å². The van der Waals surface area contributed by atoms with E-state index in [9.17, 15) is 9.00 Å². The molecule has 1 aromatic carbocycles. The zero-order chi connectivity index (χ0) is 18.1. The van der Waals surface area contributed by atoms with Gasteiger partial charge in [0, 0.05) is 49.0 Å². The minimum atomic E-state index is -0.905. The normalized spacial score (nSPS) is 17.2. The van der Waals surface area contributed by atoms with Crippen molar-refractivity contribution in [3.05, 3.63) is 35.9 Å². The number of likely N-dealkylation sites (tertiary alicyclic amines) is 1. The summed E-state index contributed by atoms with van der Waals surface area (Å²) in [7, 11) is 2.28. The Balaban J connectivity index is 1.72. The van der Waals surface area contributed by atoms with Gasteiger partial charge in [-0.1, -0.05) is 30.3 Å². The largest absolute Gasteiger partial charge is 0.469 e. The summed E-state index contributed by atoms with van der Waals surface area (Å²) in [5.41, 5.74) is 1.09. The first-order valence-corrected chi connectivity index (χ1v) is 10.0. The van der Waals surface area contributed by atoms with Crippen LogP contribution in [0.1, 0.15) is 18.4 Å². The first-order chi connectivity index (χ1) is 12.1. The molecule has 0 bridgehead atoms. The first-order valence-electron chi connectivity index (χ1n) is 8.56. The van der Waals surface area contributed by atoms with Gasteiger partial charge in [-0.05, 0) is 18.4 Å². The number of hydrogen-bond acceptors (Lipinski definition) is 4. The molecule has 25 heavy (non-hydrogen) atoms. The zero-order valence-corrected chi connectivity index (χ0v) is 15.8. The summed E-state index contributed by atoms with van der Waals surface area (Å²) < 4.78 is 17.0. The number of nitrogens with one attached hydrogen (secondary N) is 1. The van der Waals surface area contributed by atoms with E-state index in [1.165, 1.54) is 7.11 Å². The van der Waals surface area contributed by atoms with Gasteiger partial charge in [0.05, 0.1) is 13.0 Å². The molecule has 1 heterocycles. The predicted molar refractivity (Wildman–Crippen MR) is 101 cm³/mol. The number of methoxy groups -OCH3 is 1. The van der Waals surface area contributed by atoms with E-state index in [0.29, 0.717) is 18.1 Å². The van der Waals surface area contributed by atoms with Gasteiger partial charge in [-0.15, -0.1) is 0 Å². The van der Waals surface area contributed by atoms with Crippen LogP contribution in [0.25, 0.3) is 0 Å². The Morgan fingerprint density at radius 1 is 1.32 bits per heavy atom. The maximum atomic E-state index is 12.2. The van der Waals surface area contributed by atoms with Crippen LogP contribution in [0.15, 0.2) is 35.3 Å². The van der Waals surface area contributed by atoms with Gasteiger partial charge < -0.3 is 15.0 Å². The highest BCUT2D eigenvalue weighted by Gasteiger charge is 2.26. The summed E-state index contributed by atoms with van der Waals surface area (Å²) in [5.74, 6) is 1.81. The number of esters is 1. The SMILES string of the molecule is CN=C(NCCS(=O)Cc1ccccc1)N1CCC(C(=O)OC)CC1. The van der Waals surface area contributed by atoms with Crippen LogP contribution < -0.4 is 5.32 Å². The van der Waals surface area contributed by atoms with Crippen LogP contribution in [0.2, 0.25) is 0 Å². The van der Waals surface area contributed by atoms with E-state index in [0.717, 1.165) is 37.5 Å². The van der Waals surface area contributed by atoms with Crippen molar-refractivity contribution in [2.24, 2.45) is 10.9 Å². The lowest BCUT2D eigenvalue weighted by Gasteiger charge is -2.33. The van der Waals surface area contributed by atoms with Crippen molar-refractivity contribution in [2.45, 2.75) is 18.6 Å². The van der Waals surface area contributed by atoms with Gasteiger partial charge in [-0.25, -0.2) is 0 Å². The molecule has 0 amide bonds. The van der Waals surface area contributed by atoms with Crippen molar-refractivity contribution in [1.29, 1.82) is 0 Å². The molecule has 1 fully saturated rings. The Morgan fingerprint density at radius 3 is 2.60 bits per heavy atom. The molecule has 1 aliphatic heterocycles. The summed E-state index contributed by atoms with van der Waals surface area (Å²) in [6.45, 7) is 2.15. The fraction of sp³-hybridized carbons (Fsp3) is 0.556. The van der Waals surface area contributed by atoms with Crippen molar-refractivity contribution in [2.75, 3.05) is 39.5 Å². The van der Waals surface area contributed by atoms with Crippen molar-refractivity contribution in [3.63, 3.8) is 0 Å². The average molecular weight is 365 g/mol. The van der Waals surface area contributed by atoms with E-state index >= 15 is 0 Å². The lowest BCUT2D eigenvalue weighted by atomic mass is 9.97. The average Bonchev–Trinajstić information content (AvgIpc) is 2.65. The fourth-order valence-corrected chi connectivity index (χ4v) is 3.97. The predicted octanol–water partition coefficient (Wildman–Crippen LogP) is 1.40. The number of rotatable bonds is 6. The van der Waals surface area contributed by atoms with E-state index in [2.05, 4.69) is 15.2 Å². The Hall–Kier alpha value is -1.89. The number of benzene rings is 1. The van der Waals surface area contributed by atoms with Crippen LogP contribution in [0, 0.1) is 5.92 Å². The van der Waals surface area contributed by atoms with E-state index in [-0.39, 0.29) is 11.9 Å². The standard InChI is InChI=1S/C18H27N3O3S/c1-19-18(21-11-8-16(9-12-21)17(22)24-2)20-10-13-25(23)14-15-6-4-3-5-7-15/h3-7,16H,8-14H2,1-2H3,(H,19,20). The Morgan fingerprint density at radius 2 is 2.00 bits per heavy atom. The molecule has 1 unspecified atom stereocenters. The van der Waals surface area contributed by atoms with Crippen molar-refractivity contribution in [3.8, 4) is 0 Å². The first kappa shape index (κ1) is 19.4. The molecule has 1 saturated heterocycles. The van der Waals surface area contributed by atoms with E-state index in [4.69, 9.17) is 4.74 Å². The van der Waals surface area contributed by atoms with E-state index < -0.39 is 10.8 Å². The minimum Gasteiger partial charge on any atom is -0.469 e. The topological polar surface area (TPSA) is 71.0 Å². The number of carbonyl (C=O) groups is 1. The Labute approximate surface area is 152 Å². The molecule has 1 N–H and O–H groups in total. The van der Waals surface area contributed by atoms with Crippen LogP contribution in [-0.2, 0) is 26.1 Å². The van der Waals surface area contributed by atoms with E-state index in [1.54, 1.807) is 7.05 Å². The molecule has 1 aliphatic rings. The number of nitrogens with zero attached hydrogens (tertiary/aromatic N) is 2. The molecule has 0 aliphatic carbocycles. The van der Waals surface area contributed by atoms with Gasteiger partial charge in [-0.3, -0.25) is 14.0 Å². The Kier molecular flexibility index (Phi) is 7.91. The molecule has 1 aromatic rings. The molecule has 7 heteroatoms. The van der Waals surface area contributed by atoms with Crippen molar-refractivity contribution < 1.29 is 13.7 Å². The van der Waals surface area contributed by atoms with Gasteiger partial charge in [0.1, 0.15) is 0 Å². The number of hydrogen-bond donors (Lipinski definition) is 1. The summed E-state index contributed by atoms with van der Waals surface area (Å²) in [6, 6.07) is 9.88. The molecule has 0 radical (unpaired) electrons. The van der Waals surface area contributed by atoms with Gasteiger partial charge >= 0.3 is 5.97 Å². The number of guanidine groups is 1. The summed E-state index contributed by atoms with van der Waals surface area (Å²) >= 11 is 0. The third kappa shape index (κ3) is 6.16. The van der Waals surface area contributed by atoms with Gasteiger partial charge in [0.25, 0.3) is 0 Å². The number of ether oxygens (including phenoxy) is 1. The third-order valence-electron chi connectivity index (χ3n) is 4.32. The fourth-order valence-electron chi connectivity index (χ4n) is 2.93. The van der Waals surface area contributed by atoms with Gasteiger partial charge in [0.15, 0.2) is 5.96 Å². The van der Waals surface area contributed by atoms with Gasteiger partial charge in [-0.2, -0.15) is 0 Å². The smallest absolute Gasteiger partial charge is 0.308 e. The van der Waals surface area contributed by atoms with Crippen molar-refractivity contribution >= 4 is 22.7 Å². The molecule has 0 spiro atoms. The molecule has 1 atom stereocenters. The number of piperidine rings is 1. The summed E-state index contributed by atoms with van der Waals surface area (Å²) in [6.07, 6.45) is 1.54. The lowest BCUT2D eigenvalue weighted by molar-refractivity contribution is -0.146. The third-order valence-corrected chi connectivity index (χ3v) is 5.64. The highest BCUT2D eigenvalue weighted by molar-refractivity contribution is 7.84. The molecular formula is C18H27N3O3S. The second-order valence-electron chi connectivity index (χ2n) is 6.03. The summed E-state index contributed by atoms with van der Waals surface area (Å²) in [4.78, 5) is 18.0. The zero-order valence-electron chi connectivity index (χ0n) is 14.9. The highest BCUT2D eigenvalue weighted by atomic mass is 32.2. The molecule has 0 aromatic heterocycles. The maximum Gasteiger partial charge on any atom is 0.308 e. The molecule has 138 valence electrons. The van der Waals surface area contributed by atoms with Crippen LogP contribution in [0.4, 0.5) is 0 Å². The number of carbonyl (C=O) groups excluding carboxylic acids is 1. The quantitative estimate of drug-likeness (QED) is 0.469. The molecule has 2 rings (SSSR count). The van der Waals surface area contributed by atoms with Crippen molar-refractivity contribution in [1.82, 2.24) is 10.2 Å². The highest BCUT2D eigenvalue weighted by Crippen LogP contribution is 2.18.